The number of nitrogens with one attached hydrogen (secondary N) is 1. The predicted molar refractivity (Wildman–Crippen MR) is 103 cm³/mol. The van der Waals surface area contributed by atoms with Gasteiger partial charge in [0.1, 0.15) is 0 Å². The van der Waals surface area contributed by atoms with Crippen LogP contribution in [-0.4, -0.2) is 36.5 Å². The van der Waals surface area contributed by atoms with Crippen molar-refractivity contribution in [3.05, 3.63) is 65.7 Å². The lowest BCUT2D eigenvalue weighted by Crippen LogP contribution is -2.33. The third-order valence-electron chi connectivity index (χ3n) is 4.17. The van der Waals surface area contributed by atoms with Crippen molar-refractivity contribution in [1.29, 1.82) is 0 Å². The first-order valence-electron chi connectivity index (χ1n) is 8.76. The van der Waals surface area contributed by atoms with Crippen LogP contribution < -0.4 is 5.32 Å². The molecular weight excluding hydrogens is 328 g/mol. The lowest BCUT2D eigenvalue weighted by atomic mass is 10.1. The second kappa shape index (κ2) is 9.73. The fourth-order valence-corrected chi connectivity index (χ4v) is 2.61. The number of anilines is 1. The fraction of sp³-hybridized carbons (Fsp3) is 0.333. The van der Waals surface area contributed by atoms with Crippen LogP contribution >= 0.6 is 0 Å². The highest BCUT2D eigenvalue weighted by atomic mass is 16.5. The van der Waals surface area contributed by atoms with Crippen LogP contribution in [0.3, 0.4) is 0 Å². The lowest BCUT2D eigenvalue weighted by molar-refractivity contribution is -0.116. The summed E-state index contributed by atoms with van der Waals surface area (Å²) in [5, 5.41) is 2.87. The zero-order chi connectivity index (χ0) is 18.9. The molecule has 5 nitrogen and oxygen atoms in total. The highest BCUT2D eigenvalue weighted by molar-refractivity contribution is 5.93. The molecule has 2 aromatic rings. The van der Waals surface area contributed by atoms with Crippen LogP contribution in [0.2, 0.25) is 0 Å². The summed E-state index contributed by atoms with van der Waals surface area (Å²) in [4.78, 5) is 25.9. The number of carbonyl (C=O) groups excluding carboxylic acids is 2. The number of benzene rings is 2. The number of hydrogen-bond donors (Lipinski definition) is 1. The van der Waals surface area contributed by atoms with E-state index in [1.165, 1.54) is 12.7 Å². The molecule has 0 saturated heterocycles. The molecular formula is C21H26N2O3. The Morgan fingerprint density at radius 1 is 1.04 bits per heavy atom. The Labute approximate surface area is 155 Å². The molecule has 2 aromatic carbocycles. The van der Waals surface area contributed by atoms with Gasteiger partial charge >= 0.3 is 5.97 Å². The Morgan fingerprint density at radius 2 is 1.69 bits per heavy atom. The number of rotatable bonds is 8. The predicted octanol–water partition coefficient (Wildman–Crippen LogP) is 3.71. The minimum atomic E-state index is -0.392. The zero-order valence-electron chi connectivity index (χ0n) is 15.6. The Balaban J connectivity index is 1.86. The van der Waals surface area contributed by atoms with Gasteiger partial charge in [0.05, 0.1) is 12.7 Å². The largest absolute Gasteiger partial charge is 0.465 e. The average molecular weight is 354 g/mol. The average Bonchev–Trinajstić information content (AvgIpc) is 2.65. The molecule has 0 saturated carbocycles. The van der Waals surface area contributed by atoms with Gasteiger partial charge in [-0.15, -0.1) is 0 Å². The Bertz CT molecular complexity index is 712. The van der Waals surface area contributed by atoms with Crippen molar-refractivity contribution in [2.75, 3.05) is 19.0 Å². The van der Waals surface area contributed by atoms with E-state index in [2.05, 4.69) is 40.9 Å². The number of amides is 1. The van der Waals surface area contributed by atoms with Gasteiger partial charge in [-0.25, -0.2) is 4.79 Å². The van der Waals surface area contributed by atoms with Crippen molar-refractivity contribution in [3.63, 3.8) is 0 Å². The van der Waals surface area contributed by atoms with Gasteiger partial charge in [0, 0.05) is 31.2 Å². The molecule has 0 atom stereocenters. The Kier molecular flexibility index (Phi) is 7.36. The summed E-state index contributed by atoms with van der Waals surface area (Å²) in [6, 6.07) is 17.3. The molecule has 0 aromatic heterocycles. The van der Waals surface area contributed by atoms with Crippen molar-refractivity contribution >= 4 is 17.6 Å². The van der Waals surface area contributed by atoms with E-state index in [9.17, 15) is 9.59 Å². The molecule has 1 N–H and O–H groups in total. The van der Waals surface area contributed by atoms with E-state index in [-0.39, 0.29) is 5.91 Å². The third-order valence-corrected chi connectivity index (χ3v) is 4.17. The minimum absolute atomic E-state index is 0.0467. The molecule has 5 heteroatoms. The third kappa shape index (κ3) is 6.01. The molecule has 2 rings (SSSR count). The molecule has 0 aliphatic carbocycles. The minimum Gasteiger partial charge on any atom is -0.465 e. The number of ether oxygens (including phenoxy) is 1. The summed E-state index contributed by atoms with van der Waals surface area (Å²) >= 11 is 0. The van der Waals surface area contributed by atoms with Crippen LogP contribution in [0.4, 0.5) is 5.69 Å². The molecule has 0 radical (unpaired) electrons. The molecule has 138 valence electrons. The molecule has 0 unspecified atom stereocenters. The number of hydrogen-bond acceptors (Lipinski definition) is 4. The summed E-state index contributed by atoms with van der Waals surface area (Å²) in [5.74, 6) is -0.439. The summed E-state index contributed by atoms with van der Waals surface area (Å²) in [6.45, 7) is 5.76. The van der Waals surface area contributed by atoms with Crippen LogP contribution in [0.25, 0.3) is 0 Å². The van der Waals surface area contributed by atoms with E-state index in [0.717, 1.165) is 6.54 Å². The van der Waals surface area contributed by atoms with E-state index in [4.69, 9.17) is 0 Å². The van der Waals surface area contributed by atoms with Gasteiger partial charge in [-0.2, -0.15) is 0 Å². The molecule has 0 spiro atoms. The smallest absolute Gasteiger partial charge is 0.337 e. The summed E-state index contributed by atoms with van der Waals surface area (Å²) < 4.78 is 4.66. The normalized spacial score (nSPS) is 10.8. The van der Waals surface area contributed by atoms with Gasteiger partial charge in [0.15, 0.2) is 0 Å². The van der Waals surface area contributed by atoms with Gasteiger partial charge < -0.3 is 10.1 Å². The van der Waals surface area contributed by atoms with Crippen LogP contribution in [-0.2, 0) is 16.1 Å². The van der Waals surface area contributed by atoms with E-state index in [1.807, 2.05) is 18.2 Å². The Morgan fingerprint density at radius 3 is 2.27 bits per heavy atom. The van der Waals surface area contributed by atoms with Crippen molar-refractivity contribution in [2.45, 2.75) is 32.9 Å². The van der Waals surface area contributed by atoms with Crippen molar-refractivity contribution in [3.8, 4) is 0 Å². The van der Waals surface area contributed by atoms with Crippen LogP contribution in [0, 0.1) is 0 Å². The first-order valence-corrected chi connectivity index (χ1v) is 8.76. The first-order chi connectivity index (χ1) is 12.5. The van der Waals surface area contributed by atoms with Gasteiger partial charge in [-0.05, 0) is 43.7 Å². The van der Waals surface area contributed by atoms with E-state index in [0.29, 0.717) is 30.3 Å². The van der Waals surface area contributed by atoms with Gasteiger partial charge in [0.25, 0.3) is 0 Å². The summed E-state index contributed by atoms with van der Waals surface area (Å²) in [7, 11) is 1.34. The zero-order valence-corrected chi connectivity index (χ0v) is 15.6. The topological polar surface area (TPSA) is 58.6 Å². The molecule has 26 heavy (non-hydrogen) atoms. The summed E-state index contributed by atoms with van der Waals surface area (Å²) in [6.07, 6.45) is 0.407. The molecule has 0 heterocycles. The van der Waals surface area contributed by atoms with Crippen LogP contribution in [0.5, 0.6) is 0 Å². The van der Waals surface area contributed by atoms with Gasteiger partial charge in [0.2, 0.25) is 5.91 Å². The molecule has 0 aliphatic rings. The van der Waals surface area contributed by atoms with Crippen LogP contribution in [0.1, 0.15) is 36.2 Å². The molecule has 0 bridgehead atoms. The van der Waals surface area contributed by atoms with Crippen molar-refractivity contribution in [2.24, 2.45) is 0 Å². The van der Waals surface area contributed by atoms with Crippen LogP contribution in [0.15, 0.2) is 54.6 Å². The highest BCUT2D eigenvalue weighted by Gasteiger charge is 2.13. The highest BCUT2D eigenvalue weighted by Crippen LogP contribution is 2.12. The second-order valence-corrected chi connectivity index (χ2v) is 6.42. The summed E-state index contributed by atoms with van der Waals surface area (Å²) in [5.41, 5.74) is 2.36. The lowest BCUT2D eigenvalue weighted by Gasteiger charge is -2.26. The van der Waals surface area contributed by atoms with Crippen molar-refractivity contribution in [1.82, 2.24) is 4.90 Å². The fourth-order valence-electron chi connectivity index (χ4n) is 2.61. The number of methoxy groups -OCH3 is 1. The number of nitrogens with zero attached hydrogens (tertiary/aromatic N) is 1. The quantitative estimate of drug-likeness (QED) is 0.734. The maximum absolute atomic E-state index is 12.2. The van der Waals surface area contributed by atoms with Gasteiger partial charge in [-0.1, -0.05) is 30.3 Å². The van der Waals surface area contributed by atoms with Gasteiger partial charge in [-0.3, -0.25) is 9.69 Å². The van der Waals surface area contributed by atoms with E-state index < -0.39 is 5.97 Å². The maximum Gasteiger partial charge on any atom is 0.337 e. The standard InChI is InChI=1S/C21H26N2O3/c1-16(2)23(15-17-7-5-4-6-8-17)14-13-20(24)22-19-11-9-18(10-12-19)21(25)26-3/h4-12,16H,13-15H2,1-3H3,(H,22,24). The SMILES string of the molecule is COC(=O)c1ccc(NC(=O)CCN(Cc2ccccc2)C(C)C)cc1. The van der Waals surface area contributed by atoms with E-state index >= 15 is 0 Å². The van der Waals surface area contributed by atoms with E-state index in [1.54, 1.807) is 24.3 Å². The second-order valence-electron chi connectivity index (χ2n) is 6.42. The molecule has 0 fully saturated rings. The monoisotopic (exact) mass is 354 g/mol. The van der Waals surface area contributed by atoms with Crippen molar-refractivity contribution < 1.29 is 14.3 Å². The number of esters is 1. The molecule has 0 aliphatic heterocycles. The first kappa shape index (κ1) is 19.7. The Hall–Kier alpha value is -2.66. The molecule has 1 amide bonds. The number of carbonyl (C=O) groups is 2. The maximum atomic E-state index is 12.2.